The van der Waals surface area contributed by atoms with Crippen molar-refractivity contribution in [3.05, 3.63) is 60.2 Å². The Kier molecular flexibility index (Phi) is 8.76. The van der Waals surface area contributed by atoms with Crippen molar-refractivity contribution in [3.8, 4) is 5.75 Å². The maximum atomic E-state index is 13.4. The van der Waals surface area contributed by atoms with Gasteiger partial charge in [0.05, 0.1) is 13.1 Å². The Hall–Kier alpha value is -4.88. The van der Waals surface area contributed by atoms with E-state index in [1.165, 1.54) is 29.4 Å². The highest BCUT2D eigenvalue weighted by molar-refractivity contribution is 6.05. The second kappa shape index (κ2) is 12.6. The normalized spacial score (nSPS) is 15.5. The van der Waals surface area contributed by atoms with Crippen LogP contribution >= 0.6 is 0 Å². The highest BCUT2D eigenvalue weighted by atomic mass is 16.6. The van der Waals surface area contributed by atoms with Crippen LogP contribution in [0.25, 0.3) is 0 Å². The van der Waals surface area contributed by atoms with E-state index in [-0.39, 0.29) is 24.8 Å². The fraction of sp³-hybridized carbons (Fsp3) is 0.360. The third-order valence-corrected chi connectivity index (χ3v) is 6.40. The van der Waals surface area contributed by atoms with Gasteiger partial charge in [-0.25, -0.2) is 4.79 Å². The number of hydrogen-bond acceptors (Lipinski definition) is 9. The lowest BCUT2D eigenvalue weighted by Gasteiger charge is -2.26. The highest BCUT2D eigenvalue weighted by Crippen LogP contribution is 2.32. The van der Waals surface area contributed by atoms with Crippen LogP contribution in [-0.2, 0) is 27.3 Å². The number of nitrogens with one attached hydrogen (secondary N) is 4. The van der Waals surface area contributed by atoms with Crippen LogP contribution in [-0.4, -0.2) is 68.1 Å². The summed E-state index contributed by atoms with van der Waals surface area (Å²) in [5, 5.41) is 21.3. The number of benzene rings is 1. The van der Waals surface area contributed by atoms with Gasteiger partial charge >= 0.3 is 6.09 Å². The minimum atomic E-state index is -0.947. The molecule has 4 rings (SSSR count). The average Bonchev–Trinajstić information content (AvgIpc) is 3.61. The van der Waals surface area contributed by atoms with Crippen LogP contribution in [0, 0.1) is 5.92 Å². The van der Waals surface area contributed by atoms with Gasteiger partial charge < -0.3 is 20.7 Å². The van der Waals surface area contributed by atoms with Crippen LogP contribution in [0.5, 0.6) is 5.75 Å². The lowest BCUT2D eigenvalue weighted by molar-refractivity contribution is -0.128. The van der Waals surface area contributed by atoms with Crippen molar-refractivity contribution in [2.24, 2.45) is 5.92 Å². The van der Waals surface area contributed by atoms with E-state index in [9.17, 15) is 19.2 Å². The first-order valence-corrected chi connectivity index (χ1v) is 12.4. The summed E-state index contributed by atoms with van der Waals surface area (Å²) in [5.74, 6) is -1.09. The molecule has 3 atom stereocenters. The monoisotopic (exact) mass is 535 g/mol. The molecular weight excluding hydrogens is 506 g/mol. The summed E-state index contributed by atoms with van der Waals surface area (Å²) in [6.45, 7) is 3.35. The zero-order chi connectivity index (χ0) is 27.8. The molecule has 0 spiro atoms. The van der Waals surface area contributed by atoms with Crippen molar-refractivity contribution in [1.82, 2.24) is 41.6 Å². The number of rotatable bonds is 10. The zero-order valence-electron chi connectivity index (χ0n) is 21.5. The number of amides is 4. The highest BCUT2D eigenvalue weighted by Gasteiger charge is 2.38. The number of ether oxygens (including phenoxy) is 1. The summed E-state index contributed by atoms with van der Waals surface area (Å²) in [6, 6.07) is 8.45. The average molecular weight is 536 g/mol. The molecule has 14 nitrogen and oxygen atoms in total. The van der Waals surface area contributed by atoms with Crippen LogP contribution in [0.15, 0.2) is 48.8 Å². The Bertz CT molecular complexity index is 1300. The quantitative estimate of drug-likeness (QED) is 0.287. The third kappa shape index (κ3) is 6.71. The van der Waals surface area contributed by atoms with Crippen LogP contribution in [0.2, 0.25) is 0 Å². The van der Waals surface area contributed by atoms with Crippen molar-refractivity contribution < 1.29 is 23.9 Å². The van der Waals surface area contributed by atoms with Gasteiger partial charge in [0.1, 0.15) is 17.8 Å². The lowest BCUT2D eigenvalue weighted by atomic mass is 9.98. The minimum Gasteiger partial charge on any atom is -0.410 e. The molecule has 0 fully saturated rings. The second-order valence-corrected chi connectivity index (χ2v) is 8.96. The summed E-state index contributed by atoms with van der Waals surface area (Å²) in [4.78, 5) is 57.1. The van der Waals surface area contributed by atoms with Gasteiger partial charge in [0, 0.05) is 24.5 Å². The van der Waals surface area contributed by atoms with Crippen molar-refractivity contribution in [2.45, 2.75) is 45.3 Å². The number of aromatic nitrogens is 5. The molecule has 1 aliphatic heterocycles. The van der Waals surface area contributed by atoms with Crippen LogP contribution in [0.4, 0.5) is 10.5 Å². The Labute approximate surface area is 223 Å². The van der Waals surface area contributed by atoms with Gasteiger partial charge in [-0.3, -0.25) is 24.3 Å². The van der Waals surface area contributed by atoms with Crippen LogP contribution in [0.1, 0.15) is 31.7 Å². The molecule has 14 heteroatoms. The fourth-order valence-electron chi connectivity index (χ4n) is 4.17. The maximum absolute atomic E-state index is 13.4. The van der Waals surface area contributed by atoms with E-state index < -0.39 is 35.9 Å². The molecule has 0 aliphatic carbocycles. The van der Waals surface area contributed by atoms with Gasteiger partial charge in [-0.05, 0) is 29.7 Å². The Balaban J connectivity index is 1.41. The Morgan fingerprint density at radius 1 is 1.13 bits per heavy atom. The number of nitrogens with zero attached hydrogens (tertiary/aromatic N) is 5. The summed E-state index contributed by atoms with van der Waals surface area (Å²) in [7, 11) is 0. The molecule has 1 unspecified atom stereocenters. The van der Waals surface area contributed by atoms with E-state index in [1.807, 2.05) is 19.1 Å². The second-order valence-electron chi connectivity index (χ2n) is 8.96. The predicted octanol–water partition coefficient (Wildman–Crippen LogP) is 0.488. The summed E-state index contributed by atoms with van der Waals surface area (Å²) >= 11 is 0. The fourth-order valence-corrected chi connectivity index (χ4v) is 4.17. The summed E-state index contributed by atoms with van der Waals surface area (Å²) in [5.41, 5.74) is 1.42. The molecule has 4 amide bonds. The van der Waals surface area contributed by atoms with Crippen molar-refractivity contribution in [1.29, 1.82) is 0 Å². The van der Waals surface area contributed by atoms with Crippen molar-refractivity contribution >= 4 is 29.5 Å². The third-order valence-electron chi connectivity index (χ3n) is 6.40. The Morgan fingerprint density at radius 3 is 2.62 bits per heavy atom. The molecule has 0 radical (unpaired) electrons. The van der Waals surface area contributed by atoms with Gasteiger partial charge in [0.15, 0.2) is 5.82 Å². The van der Waals surface area contributed by atoms with Gasteiger partial charge in [-0.15, -0.1) is 10.2 Å². The number of anilines is 1. The largest absolute Gasteiger partial charge is 0.413 e. The topological polar surface area (TPSA) is 184 Å². The number of tetrazole rings is 1. The number of aromatic amines is 1. The smallest absolute Gasteiger partial charge is 0.410 e. The van der Waals surface area contributed by atoms with E-state index in [2.05, 4.69) is 41.6 Å². The van der Waals surface area contributed by atoms with Gasteiger partial charge in [0.25, 0.3) is 0 Å². The SMILES string of the molecule is CC[C@H](C)C(NC(=O)Oc1ccncc1)C(=O)NCC(=O)N1c2ccccc2C[C@H]1C(=O)NCc1nn[nH]n1. The molecule has 0 bridgehead atoms. The Morgan fingerprint density at radius 2 is 1.90 bits per heavy atom. The zero-order valence-corrected chi connectivity index (χ0v) is 21.5. The summed E-state index contributed by atoms with van der Waals surface area (Å²) in [6.07, 6.45) is 3.04. The van der Waals surface area contributed by atoms with Gasteiger partial charge in [0.2, 0.25) is 17.7 Å². The number of para-hydroxylation sites is 1. The van der Waals surface area contributed by atoms with Gasteiger partial charge in [-0.2, -0.15) is 5.21 Å². The van der Waals surface area contributed by atoms with Gasteiger partial charge in [-0.1, -0.05) is 43.7 Å². The standard InChI is InChI=1S/C25H29N9O5/c1-3-15(2)22(29-25(38)39-17-8-10-26-11-9-17)24(37)28-14-21(35)34-18-7-5-4-6-16(18)12-19(34)23(36)27-13-20-30-32-33-31-20/h4-11,15,19,22H,3,12-14H2,1-2H3,(H,27,36)(H,28,37)(H,29,38)(H,30,31,32,33)/t15-,19-,22?/m0/s1. The number of carbonyl (C=O) groups excluding carboxylic acids is 4. The molecule has 3 heterocycles. The van der Waals surface area contributed by atoms with Crippen LogP contribution in [0.3, 0.4) is 0 Å². The molecule has 3 aromatic rings. The summed E-state index contributed by atoms with van der Waals surface area (Å²) < 4.78 is 5.22. The first-order chi connectivity index (χ1) is 18.9. The molecule has 2 aromatic heterocycles. The van der Waals surface area contributed by atoms with E-state index in [4.69, 9.17) is 4.74 Å². The molecule has 204 valence electrons. The van der Waals surface area contributed by atoms with Crippen LogP contribution < -0.4 is 25.6 Å². The number of fused-ring (bicyclic) bond motifs is 1. The van der Waals surface area contributed by atoms with Crippen molar-refractivity contribution in [3.63, 3.8) is 0 Å². The van der Waals surface area contributed by atoms with Crippen molar-refractivity contribution in [2.75, 3.05) is 11.4 Å². The minimum absolute atomic E-state index is 0.0405. The molecule has 4 N–H and O–H groups in total. The molecule has 1 aliphatic rings. The van der Waals surface area contributed by atoms with E-state index in [1.54, 1.807) is 19.1 Å². The molecular formula is C25H29N9O5. The van der Waals surface area contributed by atoms with E-state index in [0.29, 0.717) is 24.4 Å². The molecule has 39 heavy (non-hydrogen) atoms. The number of carbonyl (C=O) groups is 4. The molecule has 0 saturated carbocycles. The lowest BCUT2D eigenvalue weighted by Crippen LogP contribution is -2.54. The first kappa shape index (κ1) is 27.2. The predicted molar refractivity (Wildman–Crippen MR) is 137 cm³/mol. The number of hydrogen-bond donors (Lipinski definition) is 4. The molecule has 1 aromatic carbocycles. The molecule has 0 saturated heterocycles. The first-order valence-electron chi connectivity index (χ1n) is 12.4. The maximum Gasteiger partial charge on any atom is 0.413 e. The van der Waals surface area contributed by atoms with E-state index in [0.717, 1.165) is 5.56 Å². The number of pyridine rings is 1. The number of H-pyrrole nitrogens is 1. The van der Waals surface area contributed by atoms with E-state index >= 15 is 0 Å².